The van der Waals surface area contributed by atoms with E-state index in [2.05, 4.69) is 15.9 Å². The third-order valence-electron chi connectivity index (χ3n) is 6.12. The summed E-state index contributed by atoms with van der Waals surface area (Å²) in [6, 6.07) is 4.89. The summed E-state index contributed by atoms with van der Waals surface area (Å²) in [6.45, 7) is 1.73. The molecule has 2 aliphatic carbocycles. The number of anilines is 1. The van der Waals surface area contributed by atoms with Gasteiger partial charge in [-0.05, 0) is 36.8 Å². The van der Waals surface area contributed by atoms with E-state index in [9.17, 15) is 24.6 Å². The molecule has 0 saturated heterocycles. The van der Waals surface area contributed by atoms with E-state index in [0.29, 0.717) is 12.0 Å². The maximum absolute atomic E-state index is 12.8. The van der Waals surface area contributed by atoms with Gasteiger partial charge in [0, 0.05) is 17.3 Å². The van der Waals surface area contributed by atoms with Crippen molar-refractivity contribution >= 4 is 39.6 Å². The molecule has 3 aliphatic rings. The first-order valence-electron chi connectivity index (χ1n) is 8.99. The summed E-state index contributed by atoms with van der Waals surface area (Å²) in [7, 11) is 0. The number of alkyl halides is 1. The van der Waals surface area contributed by atoms with Crippen LogP contribution in [0, 0.1) is 11.3 Å². The van der Waals surface area contributed by atoms with E-state index < -0.39 is 29.4 Å². The average molecular weight is 438 g/mol. The number of nitrogens with zero attached hydrogens (tertiary/aromatic N) is 1. The van der Waals surface area contributed by atoms with Gasteiger partial charge >= 0.3 is 18.0 Å². The van der Waals surface area contributed by atoms with Gasteiger partial charge in [-0.15, -0.1) is 0 Å². The van der Waals surface area contributed by atoms with E-state index in [4.69, 9.17) is 4.74 Å². The highest BCUT2D eigenvalue weighted by Crippen LogP contribution is 2.59. The van der Waals surface area contributed by atoms with Gasteiger partial charge in [-0.1, -0.05) is 35.0 Å². The molecule has 2 fully saturated rings. The fourth-order valence-corrected chi connectivity index (χ4v) is 5.94. The van der Waals surface area contributed by atoms with Crippen LogP contribution >= 0.6 is 15.9 Å². The van der Waals surface area contributed by atoms with Gasteiger partial charge in [0.1, 0.15) is 6.10 Å². The molecule has 7 nitrogen and oxygen atoms in total. The smallest absolute Gasteiger partial charge is 0.414 e. The van der Waals surface area contributed by atoms with E-state index >= 15 is 0 Å². The quantitative estimate of drug-likeness (QED) is 0.701. The largest absolute Gasteiger partial charge is 0.481 e. The van der Waals surface area contributed by atoms with Gasteiger partial charge in [0.15, 0.2) is 0 Å². The van der Waals surface area contributed by atoms with Crippen molar-refractivity contribution in [2.45, 2.75) is 43.0 Å². The number of halogens is 1. The number of benzene rings is 1. The van der Waals surface area contributed by atoms with Crippen LogP contribution in [0.4, 0.5) is 10.5 Å². The van der Waals surface area contributed by atoms with Gasteiger partial charge < -0.3 is 14.9 Å². The second-order valence-electron chi connectivity index (χ2n) is 7.69. The molecule has 1 heterocycles. The summed E-state index contributed by atoms with van der Waals surface area (Å²) >= 11 is 3.59. The summed E-state index contributed by atoms with van der Waals surface area (Å²) < 4.78 is 5.41. The molecule has 1 aliphatic heterocycles. The van der Waals surface area contributed by atoms with Gasteiger partial charge in [-0.3, -0.25) is 9.69 Å². The molecular formula is C19H20BrNO6. The zero-order chi connectivity index (χ0) is 19.5. The lowest BCUT2D eigenvalue weighted by atomic mass is 9.69. The number of carboxylic acids is 2. The lowest BCUT2D eigenvalue weighted by molar-refractivity contribution is -0.151. The van der Waals surface area contributed by atoms with E-state index in [-0.39, 0.29) is 34.6 Å². The summed E-state index contributed by atoms with van der Waals surface area (Å²) in [5.74, 6) is -3.01. The molecular weight excluding hydrogens is 418 g/mol. The molecule has 144 valence electrons. The topological polar surface area (TPSA) is 104 Å². The van der Waals surface area contributed by atoms with Crippen molar-refractivity contribution in [2.75, 3.05) is 11.4 Å². The third kappa shape index (κ3) is 2.64. The minimum atomic E-state index is -1.29. The van der Waals surface area contributed by atoms with E-state index in [1.54, 1.807) is 18.2 Å². The molecule has 27 heavy (non-hydrogen) atoms. The minimum absolute atomic E-state index is 0.0167. The number of amides is 1. The molecule has 2 N–H and O–H groups in total. The van der Waals surface area contributed by atoms with Gasteiger partial charge in [-0.2, -0.15) is 0 Å². The Balaban J connectivity index is 1.94. The van der Waals surface area contributed by atoms with Crippen LogP contribution in [0.3, 0.4) is 0 Å². The number of carbonyl (C=O) groups excluding carboxylic acids is 1. The maximum Gasteiger partial charge on any atom is 0.414 e. The molecule has 0 aromatic heterocycles. The first-order valence-corrected chi connectivity index (χ1v) is 9.90. The number of fused-ring (bicyclic) bond motifs is 4. The van der Waals surface area contributed by atoms with E-state index in [1.165, 1.54) is 4.90 Å². The number of hydrogen-bond donors (Lipinski definition) is 2. The number of hydrogen-bond acceptors (Lipinski definition) is 4. The number of rotatable bonds is 3. The lowest BCUT2D eigenvalue weighted by Gasteiger charge is -2.37. The number of aromatic carboxylic acids is 1. The highest BCUT2D eigenvalue weighted by molar-refractivity contribution is 9.09. The normalized spacial score (nSPS) is 31.8. The Labute approximate surface area is 164 Å². The van der Waals surface area contributed by atoms with Gasteiger partial charge in [0.25, 0.3) is 0 Å². The Morgan fingerprint density at radius 2 is 1.96 bits per heavy atom. The Kier molecular flexibility index (Phi) is 4.21. The molecule has 0 spiro atoms. The molecule has 2 bridgehead atoms. The van der Waals surface area contributed by atoms with Gasteiger partial charge in [0.2, 0.25) is 0 Å². The molecule has 8 heteroatoms. The molecule has 2 saturated carbocycles. The number of carbonyl (C=O) groups is 3. The summed E-state index contributed by atoms with van der Waals surface area (Å²) in [5.41, 5.74) is -0.656. The predicted octanol–water partition coefficient (Wildman–Crippen LogP) is 3.46. The highest BCUT2D eigenvalue weighted by atomic mass is 79.9. The van der Waals surface area contributed by atoms with Crippen LogP contribution in [0.15, 0.2) is 18.2 Å². The molecule has 0 radical (unpaired) electrons. The van der Waals surface area contributed by atoms with Crippen LogP contribution in [-0.4, -0.2) is 45.7 Å². The van der Waals surface area contributed by atoms with Crippen molar-refractivity contribution in [2.24, 2.45) is 11.3 Å². The van der Waals surface area contributed by atoms with E-state index in [1.807, 2.05) is 6.92 Å². The van der Waals surface area contributed by atoms with Crippen LogP contribution in [-0.2, 0) is 9.53 Å². The van der Waals surface area contributed by atoms with Crippen molar-refractivity contribution in [3.8, 4) is 0 Å². The van der Waals surface area contributed by atoms with Crippen LogP contribution in [0.2, 0.25) is 0 Å². The highest BCUT2D eigenvalue weighted by Gasteiger charge is 2.61. The predicted molar refractivity (Wildman–Crippen MR) is 99.6 cm³/mol. The molecule has 1 aromatic rings. The zero-order valence-corrected chi connectivity index (χ0v) is 16.3. The first-order chi connectivity index (χ1) is 12.8. The first kappa shape index (κ1) is 18.3. The zero-order valence-electron chi connectivity index (χ0n) is 14.7. The fourth-order valence-electron chi connectivity index (χ4n) is 4.63. The Bertz CT molecular complexity index is 837. The monoisotopic (exact) mass is 437 g/mol. The van der Waals surface area contributed by atoms with Crippen molar-refractivity contribution < 1.29 is 29.3 Å². The van der Waals surface area contributed by atoms with E-state index in [0.717, 1.165) is 12.8 Å². The lowest BCUT2D eigenvalue weighted by Crippen LogP contribution is -2.49. The van der Waals surface area contributed by atoms with Gasteiger partial charge in [0.05, 0.1) is 16.7 Å². The minimum Gasteiger partial charge on any atom is -0.481 e. The Hall–Kier alpha value is -2.09. The Morgan fingerprint density at radius 1 is 1.26 bits per heavy atom. The molecule has 4 atom stereocenters. The summed E-state index contributed by atoms with van der Waals surface area (Å²) in [6.07, 6.45) is 1.28. The second kappa shape index (κ2) is 6.22. The van der Waals surface area contributed by atoms with Crippen LogP contribution in [0.1, 0.15) is 48.0 Å². The van der Waals surface area contributed by atoms with Crippen molar-refractivity contribution in [1.82, 2.24) is 0 Å². The van der Waals surface area contributed by atoms with Crippen LogP contribution in [0.25, 0.3) is 0 Å². The van der Waals surface area contributed by atoms with Gasteiger partial charge in [-0.25, -0.2) is 9.59 Å². The Morgan fingerprint density at radius 3 is 2.56 bits per heavy atom. The van der Waals surface area contributed by atoms with Crippen molar-refractivity contribution in [1.29, 1.82) is 0 Å². The molecule has 4 unspecified atom stereocenters. The third-order valence-corrected chi connectivity index (χ3v) is 7.02. The molecule has 1 aromatic carbocycles. The average Bonchev–Trinajstić information content (AvgIpc) is 3.36. The number of ether oxygens (including phenoxy) is 1. The number of carboxylic acid groups (broad SMARTS) is 2. The SMILES string of the molecule is CC1CC(Br)C2c3cccc(c3C(=O)O)N(C(=O)OC3CC3)CC12C(=O)O. The summed E-state index contributed by atoms with van der Waals surface area (Å²) in [4.78, 5) is 38.5. The second-order valence-corrected chi connectivity index (χ2v) is 8.87. The maximum atomic E-state index is 12.8. The number of aliphatic carboxylic acids is 1. The summed E-state index contributed by atoms with van der Waals surface area (Å²) in [5, 5.41) is 20.1. The van der Waals surface area contributed by atoms with Crippen molar-refractivity contribution in [3.05, 3.63) is 29.3 Å². The van der Waals surface area contributed by atoms with Crippen LogP contribution in [0.5, 0.6) is 0 Å². The molecule has 1 amide bonds. The fraction of sp³-hybridized carbons (Fsp3) is 0.526. The standard InChI is InChI=1S/C19H20BrNO6/c1-9-7-12(20)15-11-3-2-4-13(14(11)16(22)23)21(8-19(9,15)17(24)25)18(26)27-10-5-6-10/h2-4,9-10,12,15H,5-8H2,1H3,(H,22,23)(H,24,25). The molecule has 4 rings (SSSR count). The van der Waals surface area contributed by atoms with Crippen LogP contribution < -0.4 is 4.90 Å². The van der Waals surface area contributed by atoms with Crippen molar-refractivity contribution in [3.63, 3.8) is 0 Å².